The molecule has 1 rings (SSSR count). The highest BCUT2D eigenvalue weighted by Crippen LogP contribution is 2.12. The molecular formula is C8H17FN2. The normalized spacial score (nSPS) is 34.1. The summed E-state index contributed by atoms with van der Waals surface area (Å²) in [5, 5.41) is 3.00. The van der Waals surface area contributed by atoms with Crippen LogP contribution >= 0.6 is 0 Å². The second kappa shape index (κ2) is 4.02. The number of halogens is 1. The molecule has 66 valence electrons. The van der Waals surface area contributed by atoms with E-state index in [2.05, 4.69) is 17.1 Å². The predicted octanol–water partition coefficient (Wildman–Crippen LogP) is 0.638. The first kappa shape index (κ1) is 8.94. The third kappa shape index (κ3) is 2.14. The fraction of sp³-hybridized carbons (Fsp3) is 1.00. The first-order valence-corrected chi connectivity index (χ1v) is 4.31. The molecule has 0 spiro atoms. The molecule has 0 aromatic rings. The van der Waals surface area contributed by atoms with Crippen LogP contribution in [0, 0.1) is 0 Å². The Bertz CT molecular complexity index is 119. The molecule has 1 fully saturated rings. The molecule has 0 amide bonds. The molecule has 2 unspecified atom stereocenters. The Morgan fingerprint density at radius 2 is 2.36 bits per heavy atom. The molecule has 1 aliphatic rings. The summed E-state index contributed by atoms with van der Waals surface area (Å²) >= 11 is 0. The first-order valence-electron chi connectivity index (χ1n) is 4.31. The van der Waals surface area contributed by atoms with Crippen LogP contribution in [-0.4, -0.2) is 43.8 Å². The lowest BCUT2D eigenvalue weighted by Gasteiger charge is -2.33. The van der Waals surface area contributed by atoms with Gasteiger partial charge >= 0.3 is 0 Å². The quantitative estimate of drug-likeness (QED) is 0.637. The Labute approximate surface area is 67.8 Å². The molecule has 3 heteroatoms. The minimum Gasteiger partial charge on any atom is -0.314 e. The summed E-state index contributed by atoms with van der Waals surface area (Å²) in [7, 11) is 1.83. The number of nitrogens with one attached hydrogen (secondary N) is 1. The van der Waals surface area contributed by atoms with E-state index >= 15 is 0 Å². The number of piperidine rings is 1. The number of likely N-dealkylation sites (tertiary alicyclic amines) is 1. The molecule has 0 aliphatic carbocycles. The van der Waals surface area contributed by atoms with Crippen LogP contribution in [0.5, 0.6) is 0 Å². The van der Waals surface area contributed by atoms with Crippen molar-refractivity contribution in [3.8, 4) is 0 Å². The maximum Gasteiger partial charge on any atom is 0.128 e. The zero-order chi connectivity index (χ0) is 8.27. The number of hydrogen-bond acceptors (Lipinski definition) is 2. The Kier molecular flexibility index (Phi) is 3.27. The zero-order valence-electron chi connectivity index (χ0n) is 7.31. The van der Waals surface area contributed by atoms with Crippen LogP contribution in [0.15, 0.2) is 0 Å². The minimum absolute atomic E-state index is 0.0813. The monoisotopic (exact) mass is 160 g/mol. The van der Waals surface area contributed by atoms with E-state index in [4.69, 9.17) is 0 Å². The largest absolute Gasteiger partial charge is 0.314 e. The van der Waals surface area contributed by atoms with E-state index in [1.54, 1.807) is 0 Å². The molecule has 0 saturated carbocycles. The maximum absolute atomic E-state index is 13.2. The number of nitrogens with zero attached hydrogens (tertiary/aromatic N) is 1. The van der Waals surface area contributed by atoms with Gasteiger partial charge in [0.1, 0.15) is 6.17 Å². The van der Waals surface area contributed by atoms with Gasteiger partial charge in [0.2, 0.25) is 0 Å². The molecule has 0 aromatic carbocycles. The third-order valence-corrected chi connectivity index (χ3v) is 2.44. The van der Waals surface area contributed by atoms with Crippen molar-refractivity contribution >= 4 is 0 Å². The van der Waals surface area contributed by atoms with E-state index in [0.717, 1.165) is 19.5 Å². The van der Waals surface area contributed by atoms with E-state index in [0.29, 0.717) is 6.54 Å². The van der Waals surface area contributed by atoms with Crippen molar-refractivity contribution in [2.75, 3.05) is 26.7 Å². The van der Waals surface area contributed by atoms with Gasteiger partial charge in [-0.2, -0.15) is 0 Å². The molecule has 0 bridgehead atoms. The SMILES string of the molecule is CCN1CCC(NC)C(F)C1. The van der Waals surface area contributed by atoms with E-state index in [9.17, 15) is 4.39 Å². The van der Waals surface area contributed by atoms with Gasteiger partial charge in [0.25, 0.3) is 0 Å². The average molecular weight is 160 g/mol. The molecule has 1 heterocycles. The molecule has 11 heavy (non-hydrogen) atoms. The highest BCUT2D eigenvalue weighted by molar-refractivity contribution is 4.83. The first-order chi connectivity index (χ1) is 5.27. The summed E-state index contributed by atoms with van der Waals surface area (Å²) < 4.78 is 13.2. The molecule has 1 aliphatic heterocycles. The summed E-state index contributed by atoms with van der Waals surface area (Å²) in [6.45, 7) is 4.67. The van der Waals surface area contributed by atoms with E-state index in [1.165, 1.54) is 0 Å². The summed E-state index contributed by atoms with van der Waals surface area (Å²) in [4.78, 5) is 2.15. The van der Waals surface area contributed by atoms with Gasteiger partial charge in [-0.05, 0) is 26.6 Å². The predicted molar refractivity (Wildman–Crippen MR) is 44.5 cm³/mol. The van der Waals surface area contributed by atoms with Crippen LogP contribution in [0.1, 0.15) is 13.3 Å². The molecule has 0 radical (unpaired) electrons. The van der Waals surface area contributed by atoms with Crippen molar-refractivity contribution in [1.82, 2.24) is 10.2 Å². The topological polar surface area (TPSA) is 15.3 Å². The fourth-order valence-corrected chi connectivity index (χ4v) is 1.58. The smallest absolute Gasteiger partial charge is 0.128 e. The summed E-state index contributed by atoms with van der Waals surface area (Å²) in [6, 6.07) is 0.0813. The number of rotatable bonds is 2. The van der Waals surface area contributed by atoms with Crippen molar-refractivity contribution in [2.24, 2.45) is 0 Å². The highest BCUT2D eigenvalue weighted by Gasteiger charge is 2.26. The Hall–Kier alpha value is -0.150. The van der Waals surface area contributed by atoms with E-state index in [-0.39, 0.29) is 6.04 Å². The van der Waals surface area contributed by atoms with Crippen LogP contribution in [0.3, 0.4) is 0 Å². The van der Waals surface area contributed by atoms with Gasteiger partial charge in [0, 0.05) is 12.6 Å². The summed E-state index contributed by atoms with van der Waals surface area (Å²) in [5.74, 6) is 0. The molecule has 2 nitrogen and oxygen atoms in total. The third-order valence-electron chi connectivity index (χ3n) is 2.44. The lowest BCUT2D eigenvalue weighted by atomic mass is 10.0. The van der Waals surface area contributed by atoms with Crippen molar-refractivity contribution < 1.29 is 4.39 Å². The van der Waals surface area contributed by atoms with Crippen LogP contribution in [0.25, 0.3) is 0 Å². The lowest BCUT2D eigenvalue weighted by Crippen LogP contribution is -2.49. The van der Waals surface area contributed by atoms with Crippen molar-refractivity contribution in [1.29, 1.82) is 0 Å². The zero-order valence-corrected chi connectivity index (χ0v) is 7.31. The van der Waals surface area contributed by atoms with Crippen LogP contribution in [0.2, 0.25) is 0 Å². The van der Waals surface area contributed by atoms with E-state index in [1.807, 2.05) is 7.05 Å². The van der Waals surface area contributed by atoms with Crippen LogP contribution in [-0.2, 0) is 0 Å². The summed E-state index contributed by atoms with van der Waals surface area (Å²) in [5.41, 5.74) is 0. The molecule has 0 aromatic heterocycles. The average Bonchev–Trinajstić information content (AvgIpc) is 2.04. The minimum atomic E-state index is -0.686. The van der Waals surface area contributed by atoms with Gasteiger partial charge in [-0.3, -0.25) is 0 Å². The Morgan fingerprint density at radius 1 is 1.64 bits per heavy atom. The molecular weight excluding hydrogens is 143 g/mol. The van der Waals surface area contributed by atoms with E-state index < -0.39 is 6.17 Å². The highest BCUT2D eigenvalue weighted by atomic mass is 19.1. The van der Waals surface area contributed by atoms with Gasteiger partial charge < -0.3 is 10.2 Å². The van der Waals surface area contributed by atoms with Crippen LogP contribution in [0.4, 0.5) is 4.39 Å². The van der Waals surface area contributed by atoms with Gasteiger partial charge in [-0.25, -0.2) is 4.39 Å². The Morgan fingerprint density at radius 3 is 2.82 bits per heavy atom. The van der Waals surface area contributed by atoms with Crippen molar-refractivity contribution in [3.05, 3.63) is 0 Å². The van der Waals surface area contributed by atoms with Crippen molar-refractivity contribution in [2.45, 2.75) is 25.6 Å². The maximum atomic E-state index is 13.2. The number of alkyl halides is 1. The molecule has 1 N–H and O–H groups in total. The lowest BCUT2D eigenvalue weighted by molar-refractivity contribution is 0.112. The number of hydrogen-bond donors (Lipinski definition) is 1. The van der Waals surface area contributed by atoms with Gasteiger partial charge in [0.15, 0.2) is 0 Å². The van der Waals surface area contributed by atoms with Crippen LogP contribution < -0.4 is 5.32 Å². The molecule has 1 saturated heterocycles. The molecule has 2 atom stereocenters. The van der Waals surface area contributed by atoms with Gasteiger partial charge in [-0.1, -0.05) is 6.92 Å². The Balaban J connectivity index is 2.34. The second-order valence-corrected chi connectivity index (χ2v) is 3.09. The summed E-state index contributed by atoms with van der Waals surface area (Å²) in [6.07, 6.45) is 0.250. The fourth-order valence-electron chi connectivity index (χ4n) is 1.58. The van der Waals surface area contributed by atoms with Crippen molar-refractivity contribution in [3.63, 3.8) is 0 Å². The van der Waals surface area contributed by atoms with Gasteiger partial charge in [-0.15, -0.1) is 0 Å². The second-order valence-electron chi connectivity index (χ2n) is 3.09. The van der Waals surface area contributed by atoms with Gasteiger partial charge in [0.05, 0.1) is 0 Å². The standard InChI is InChI=1S/C8H17FN2/c1-3-11-5-4-8(10-2)7(9)6-11/h7-8,10H,3-6H2,1-2H3.